The van der Waals surface area contributed by atoms with Crippen molar-refractivity contribution < 1.29 is 0 Å². The van der Waals surface area contributed by atoms with Crippen molar-refractivity contribution in [2.24, 2.45) is 11.7 Å². The SMILES string of the molecule is CC(N)Cc1ccc(N2CC3CCC2C3)cc1. The van der Waals surface area contributed by atoms with E-state index in [1.54, 1.807) is 0 Å². The van der Waals surface area contributed by atoms with E-state index in [2.05, 4.69) is 36.1 Å². The summed E-state index contributed by atoms with van der Waals surface area (Å²) in [6, 6.07) is 10.1. The quantitative estimate of drug-likeness (QED) is 0.864. The third-order valence-electron chi connectivity index (χ3n) is 4.23. The van der Waals surface area contributed by atoms with Crippen molar-refractivity contribution >= 4 is 5.69 Å². The molecule has 0 spiro atoms. The average molecular weight is 230 g/mol. The van der Waals surface area contributed by atoms with E-state index in [9.17, 15) is 0 Å². The van der Waals surface area contributed by atoms with Crippen LogP contribution >= 0.6 is 0 Å². The first kappa shape index (κ1) is 11.1. The van der Waals surface area contributed by atoms with Crippen molar-refractivity contribution in [2.45, 2.75) is 44.7 Å². The topological polar surface area (TPSA) is 29.3 Å². The predicted molar refractivity (Wildman–Crippen MR) is 72.3 cm³/mol. The van der Waals surface area contributed by atoms with E-state index in [0.717, 1.165) is 18.4 Å². The molecular formula is C15H22N2. The summed E-state index contributed by atoms with van der Waals surface area (Å²) in [6.45, 7) is 3.34. The van der Waals surface area contributed by atoms with Crippen molar-refractivity contribution in [3.05, 3.63) is 29.8 Å². The smallest absolute Gasteiger partial charge is 0.0368 e. The predicted octanol–water partition coefficient (Wildman–Crippen LogP) is 2.57. The molecule has 3 atom stereocenters. The Balaban J connectivity index is 1.72. The minimum absolute atomic E-state index is 0.253. The summed E-state index contributed by atoms with van der Waals surface area (Å²) in [4.78, 5) is 2.60. The van der Waals surface area contributed by atoms with Crippen LogP contribution in [0.4, 0.5) is 5.69 Å². The summed E-state index contributed by atoms with van der Waals surface area (Å²) in [6.07, 6.45) is 5.24. The second-order valence-electron chi connectivity index (χ2n) is 5.83. The number of hydrogen-bond acceptors (Lipinski definition) is 2. The number of nitrogens with zero attached hydrogens (tertiary/aromatic N) is 1. The van der Waals surface area contributed by atoms with Gasteiger partial charge in [-0.2, -0.15) is 0 Å². The highest BCUT2D eigenvalue weighted by molar-refractivity contribution is 5.50. The number of anilines is 1. The molecule has 3 unspecified atom stereocenters. The molecule has 1 aromatic rings. The van der Waals surface area contributed by atoms with E-state index in [1.807, 2.05) is 0 Å². The molecule has 2 aliphatic rings. The maximum Gasteiger partial charge on any atom is 0.0368 e. The Morgan fingerprint density at radius 2 is 2.06 bits per heavy atom. The monoisotopic (exact) mass is 230 g/mol. The minimum Gasteiger partial charge on any atom is -0.368 e. The van der Waals surface area contributed by atoms with Crippen LogP contribution in [-0.2, 0) is 6.42 Å². The second-order valence-corrected chi connectivity index (χ2v) is 5.83. The maximum atomic E-state index is 5.82. The van der Waals surface area contributed by atoms with E-state index in [0.29, 0.717) is 0 Å². The van der Waals surface area contributed by atoms with Gasteiger partial charge in [-0.25, -0.2) is 0 Å². The van der Waals surface area contributed by atoms with Gasteiger partial charge in [0.2, 0.25) is 0 Å². The second kappa shape index (κ2) is 4.34. The largest absolute Gasteiger partial charge is 0.368 e. The Labute approximate surface area is 104 Å². The summed E-state index contributed by atoms with van der Waals surface area (Å²) < 4.78 is 0. The molecule has 17 heavy (non-hydrogen) atoms. The van der Waals surface area contributed by atoms with E-state index < -0.39 is 0 Å². The van der Waals surface area contributed by atoms with E-state index in [-0.39, 0.29) is 6.04 Å². The Hall–Kier alpha value is -1.02. The number of piperidine rings is 1. The van der Waals surface area contributed by atoms with E-state index >= 15 is 0 Å². The number of rotatable bonds is 3. The molecule has 2 N–H and O–H groups in total. The zero-order chi connectivity index (χ0) is 11.8. The Kier molecular flexibility index (Phi) is 2.83. The molecule has 0 aromatic heterocycles. The van der Waals surface area contributed by atoms with Gasteiger partial charge in [-0.3, -0.25) is 0 Å². The van der Waals surface area contributed by atoms with E-state index in [4.69, 9.17) is 5.73 Å². The molecule has 92 valence electrons. The lowest BCUT2D eigenvalue weighted by molar-refractivity contribution is 0.553. The lowest BCUT2D eigenvalue weighted by Gasteiger charge is -2.29. The van der Waals surface area contributed by atoms with Gasteiger partial charge in [0.05, 0.1) is 0 Å². The first-order valence-electron chi connectivity index (χ1n) is 6.83. The number of hydrogen-bond donors (Lipinski definition) is 1. The summed E-state index contributed by atoms with van der Waals surface area (Å²) in [5.74, 6) is 0.962. The molecule has 2 heteroatoms. The van der Waals surface area contributed by atoms with Crippen LogP contribution in [0.3, 0.4) is 0 Å². The van der Waals surface area contributed by atoms with Crippen molar-refractivity contribution in [1.29, 1.82) is 0 Å². The van der Waals surface area contributed by atoms with Gasteiger partial charge >= 0.3 is 0 Å². The Morgan fingerprint density at radius 1 is 1.29 bits per heavy atom. The van der Waals surface area contributed by atoms with Crippen molar-refractivity contribution in [1.82, 2.24) is 0 Å². The fourth-order valence-corrected chi connectivity index (χ4v) is 3.44. The van der Waals surface area contributed by atoms with E-state index in [1.165, 1.54) is 37.1 Å². The van der Waals surface area contributed by atoms with Crippen LogP contribution in [0.5, 0.6) is 0 Å². The van der Waals surface area contributed by atoms with Gasteiger partial charge in [0.25, 0.3) is 0 Å². The molecular weight excluding hydrogens is 208 g/mol. The molecule has 2 nitrogen and oxygen atoms in total. The molecule has 1 saturated heterocycles. The third kappa shape index (κ3) is 2.19. The number of nitrogens with two attached hydrogens (primary N) is 1. The average Bonchev–Trinajstić information content (AvgIpc) is 2.91. The van der Waals surface area contributed by atoms with Crippen LogP contribution in [0, 0.1) is 5.92 Å². The highest BCUT2D eigenvalue weighted by Crippen LogP contribution is 2.40. The molecule has 2 fully saturated rings. The van der Waals surface area contributed by atoms with Crippen LogP contribution < -0.4 is 10.6 Å². The fraction of sp³-hybridized carbons (Fsp3) is 0.600. The molecule has 0 radical (unpaired) electrons. The molecule has 1 aromatic carbocycles. The van der Waals surface area contributed by atoms with Crippen LogP contribution in [0.2, 0.25) is 0 Å². The highest BCUT2D eigenvalue weighted by Gasteiger charge is 2.37. The summed E-state index contributed by atoms with van der Waals surface area (Å²) >= 11 is 0. The van der Waals surface area contributed by atoms with Gasteiger partial charge in [-0.15, -0.1) is 0 Å². The lowest BCUT2D eigenvalue weighted by Crippen LogP contribution is -2.31. The van der Waals surface area contributed by atoms with Crippen LogP contribution in [0.25, 0.3) is 0 Å². The molecule has 1 heterocycles. The summed E-state index contributed by atoms with van der Waals surface area (Å²) in [7, 11) is 0. The molecule has 1 aliphatic carbocycles. The zero-order valence-electron chi connectivity index (χ0n) is 10.6. The van der Waals surface area contributed by atoms with Gasteiger partial charge in [0, 0.05) is 24.3 Å². The molecule has 3 rings (SSSR count). The van der Waals surface area contributed by atoms with Crippen molar-refractivity contribution in [3.8, 4) is 0 Å². The maximum absolute atomic E-state index is 5.82. The van der Waals surface area contributed by atoms with Crippen LogP contribution in [0.15, 0.2) is 24.3 Å². The zero-order valence-corrected chi connectivity index (χ0v) is 10.6. The van der Waals surface area contributed by atoms with Gasteiger partial charge in [-0.05, 0) is 56.2 Å². The van der Waals surface area contributed by atoms with Crippen molar-refractivity contribution in [2.75, 3.05) is 11.4 Å². The highest BCUT2D eigenvalue weighted by atomic mass is 15.2. The Morgan fingerprint density at radius 3 is 2.59 bits per heavy atom. The normalized spacial score (nSPS) is 28.7. The number of fused-ring (bicyclic) bond motifs is 2. The van der Waals surface area contributed by atoms with Gasteiger partial charge in [-0.1, -0.05) is 12.1 Å². The standard InChI is InChI=1S/C15H22N2/c1-11(16)8-12-2-5-14(6-3-12)17-10-13-4-7-15(17)9-13/h2-3,5-6,11,13,15H,4,7-10,16H2,1H3. The molecule has 1 saturated carbocycles. The first-order valence-corrected chi connectivity index (χ1v) is 6.83. The third-order valence-corrected chi connectivity index (χ3v) is 4.23. The summed E-state index contributed by atoms with van der Waals surface area (Å²) in [5.41, 5.74) is 8.59. The fourth-order valence-electron chi connectivity index (χ4n) is 3.44. The minimum atomic E-state index is 0.253. The summed E-state index contributed by atoms with van der Waals surface area (Å²) in [5, 5.41) is 0. The van der Waals surface area contributed by atoms with Gasteiger partial charge < -0.3 is 10.6 Å². The van der Waals surface area contributed by atoms with Crippen LogP contribution in [-0.4, -0.2) is 18.6 Å². The first-order chi connectivity index (χ1) is 8.22. The number of benzene rings is 1. The molecule has 2 bridgehead atoms. The van der Waals surface area contributed by atoms with Crippen molar-refractivity contribution in [3.63, 3.8) is 0 Å². The van der Waals surface area contributed by atoms with Gasteiger partial charge in [0.1, 0.15) is 0 Å². The van der Waals surface area contributed by atoms with Gasteiger partial charge in [0.15, 0.2) is 0 Å². The molecule has 0 amide bonds. The Bertz CT molecular complexity index is 382. The molecule has 1 aliphatic heterocycles. The lowest BCUT2D eigenvalue weighted by atomic mass is 10.1. The van der Waals surface area contributed by atoms with Crippen LogP contribution in [0.1, 0.15) is 31.7 Å².